The Bertz CT molecular complexity index is 817. The van der Waals surface area contributed by atoms with E-state index in [-0.39, 0.29) is 5.56 Å². The number of hydrogen-bond donors (Lipinski definition) is 1. The molecular weight excluding hydrogens is 280 g/mol. The highest BCUT2D eigenvalue weighted by atomic mass is 16.2. The first-order valence-electron chi connectivity index (χ1n) is 7.21. The molecule has 112 valence electrons. The van der Waals surface area contributed by atoms with Gasteiger partial charge in [-0.25, -0.2) is 4.79 Å². The van der Waals surface area contributed by atoms with Gasteiger partial charge in [0.2, 0.25) is 0 Å². The van der Waals surface area contributed by atoms with E-state index in [1.54, 1.807) is 0 Å². The molecule has 0 bridgehead atoms. The van der Waals surface area contributed by atoms with E-state index >= 15 is 0 Å². The zero-order valence-electron chi connectivity index (χ0n) is 12.0. The van der Waals surface area contributed by atoms with Crippen molar-refractivity contribution in [2.24, 2.45) is 5.92 Å². The van der Waals surface area contributed by atoms with E-state index in [2.05, 4.69) is 22.0 Å². The Morgan fingerprint density at radius 2 is 2.05 bits per heavy atom. The number of aromatic nitrogens is 2. The molecule has 1 atom stereocenters. The van der Waals surface area contributed by atoms with Crippen LogP contribution < -0.4 is 16.1 Å². The maximum atomic E-state index is 11.8. The molecule has 6 nitrogen and oxygen atoms in total. The van der Waals surface area contributed by atoms with E-state index in [9.17, 15) is 9.59 Å². The van der Waals surface area contributed by atoms with Gasteiger partial charge >= 0.3 is 5.69 Å². The second kappa shape index (κ2) is 5.90. The summed E-state index contributed by atoms with van der Waals surface area (Å²) in [4.78, 5) is 27.7. The minimum absolute atomic E-state index is 0.0301. The van der Waals surface area contributed by atoms with Crippen molar-refractivity contribution in [1.82, 2.24) is 9.55 Å². The zero-order chi connectivity index (χ0) is 15.5. The lowest BCUT2D eigenvalue weighted by atomic mass is 10.1. The maximum absolute atomic E-state index is 11.8. The highest BCUT2D eigenvalue weighted by molar-refractivity contribution is 5.46. The van der Waals surface area contributed by atoms with Crippen molar-refractivity contribution in [1.29, 1.82) is 5.26 Å². The van der Waals surface area contributed by atoms with Gasteiger partial charge in [-0.3, -0.25) is 14.3 Å². The molecule has 1 N–H and O–H groups in total. The Kier molecular flexibility index (Phi) is 3.79. The summed E-state index contributed by atoms with van der Waals surface area (Å²) in [5.41, 5.74) is 0.0669. The molecule has 6 heteroatoms. The fraction of sp³-hybridized carbons (Fsp3) is 0.312. The second-order valence-corrected chi connectivity index (χ2v) is 5.50. The first kappa shape index (κ1) is 14.1. The lowest BCUT2D eigenvalue weighted by molar-refractivity contribution is 0.468. The summed E-state index contributed by atoms with van der Waals surface area (Å²) < 4.78 is 1.43. The monoisotopic (exact) mass is 296 g/mol. The smallest absolute Gasteiger partial charge is 0.328 e. The number of aromatic amines is 1. The van der Waals surface area contributed by atoms with E-state index in [1.807, 2.05) is 24.3 Å². The molecule has 3 rings (SSSR count). The van der Waals surface area contributed by atoms with Gasteiger partial charge in [0.1, 0.15) is 11.6 Å². The molecule has 2 heterocycles. The van der Waals surface area contributed by atoms with Gasteiger partial charge in [-0.15, -0.1) is 0 Å². The van der Waals surface area contributed by atoms with Crippen LogP contribution in [-0.4, -0.2) is 22.6 Å². The molecule has 1 saturated heterocycles. The number of hydrogen-bond acceptors (Lipinski definition) is 4. The Hall–Kier alpha value is -2.81. The molecule has 1 aromatic heterocycles. The van der Waals surface area contributed by atoms with Crippen LogP contribution in [0.5, 0.6) is 0 Å². The van der Waals surface area contributed by atoms with Crippen molar-refractivity contribution < 1.29 is 0 Å². The average molecular weight is 296 g/mol. The van der Waals surface area contributed by atoms with Gasteiger partial charge in [-0.2, -0.15) is 5.26 Å². The largest absolute Gasteiger partial charge is 0.371 e. The van der Waals surface area contributed by atoms with Crippen molar-refractivity contribution in [2.75, 3.05) is 18.0 Å². The van der Waals surface area contributed by atoms with Gasteiger partial charge in [0.25, 0.3) is 5.56 Å². The quantitative estimate of drug-likeness (QED) is 0.913. The standard InChI is InChI=1S/C16H16N4O2/c17-8-13-11-20(16(22)18-15(13)21)10-12-6-7-19(9-12)14-4-2-1-3-5-14/h1-5,11-12H,6-7,9-10H2,(H,18,21,22)/t12-/m1/s1. The molecule has 0 aliphatic carbocycles. The topological polar surface area (TPSA) is 81.9 Å². The van der Waals surface area contributed by atoms with Gasteiger partial charge in [0, 0.05) is 31.5 Å². The van der Waals surface area contributed by atoms with Crippen LogP contribution in [0.4, 0.5) is 5.69 Å². The fourth-order valence-corrected chi connectivity index (χ4v) is 2.86. The Morgan fingerprint density at radius 1 is 1.27 bits per heavy atom. The van der Waals surface area contributed by atoms with Gasteiger partial charge in [-0.1, -0.05) is 18.2 Å². The Labute approximate surface area is 127 Å². The van der Waals surface area contributed by atoms with Gasteiger partial charge in [-0.05, 0) is 24.5 Å². The summed E-state index contributed by atoms with van der Waals surface area (Å²) in [6.45, 7) is 2.31. The molecule has 0 radical (unpaired) electrons. The van der Waals surface area contributed by atoms with Crippen molar-refractivity contribution in [2.45, 2.75) is 13.0 Å². The van der Waals surface area contributed by atoms with E-state index in [4.69, 9.17) is 5.26 Å². The normalized spacial score (nSPS) is 17.4. The number of nitrogens with one attached hydrogen (secondary N) is 1. The number of anilines is 1. The Morgan fingerprint density at radius 3 is 2.77 bits per heavy atom. The minimum Gasteiger partial charge on any atom is -0.371 e. The van der Waals surface area contributed by atoms with Crippen LogP contribution in [0.1, 0.15) is 12.0 Å². The molecule has 1 aliphatic rings. The average Bonchev–Trinajstić information content (AvgIpc) is 2.99. The maximum Gasteiger partial charge on any atom is 0.328 e. The van der Waals surface area contributed by atoms with Crippen molar-refractivity contribution in [3.8, 4) is 6.07 Å². The third-order valence-corrected chi connectivity index (χ3v) is 3.99. The number of rotatable bonds is 3. The number of para-hydroxylation sites is 1. The minimum atomic E-state index is -0.624. The predicted octanol–water partition coefficient (Wildman–Crippen LogP) is 0.935. The van der Waals surface area contributed by atoms with Gasteiger partial charge in [0.05, 0.1) is 0 Å². The molecule has 2 aromatic rings. The van der Waals surface area contributed by atoms with Gasteiger partial charge < -0.3 is 4.90 Å². The summed E-state index contributed by atoms with van der Waals surface area (Å²) in [7, 11) is 0. The molecule has 0 unspecified atom stereocenters. The lowest BCUT2D eigenvalue weighted by Crippen LogP contribution is -2.33. The van der Waals surface area contributed by atoms with E-state index in [1.165, 1.54) is 16.5 Å². The lowest BCUT2D eigenvalue weighted by Gasteiger charge is -2.18. The van der Waals surface area contributed by atoms with Crippen molar-refractivity contribution in [3.05, 3.63) is 62.9 Å². The van der Waals surface area contributed by atoms with Crippen LogP contribution in [0, 0.1) is 17.2 Å². The molecule has 0 spiro atoms. The molecule has 1 aliphatic heterocycles. The first-order chi connectivity index (χ1) is 10.7. The number of benzene rings is 1. The summed E-state index contributed by atoms with van der Waals surface area (Å²) in [5.74, 6) is 0.315. The highest BCUT2D eigenvalue weighted by Crippen LogP contribution is 2.24. The van der Waals surface area contributed by atoms with E-state index in [0.29, 0.717) is 12.5 Å². The Balaban J connectivity index is 1.75. The molecule has 22 heavy (non-hydrogen) atoms. The predicted molar refractivity (Wildman–Crippen MR) is 82.8 cm³/mol. The number of H-pyrrole nitrogens is 1. The second-order valence-electron chi connectivity index (χ2n) is 5.50. The third-order valence-electron chi connectivity index (χ3n) is 3.99. The summed E-state index contributed by atoms with van der Waals surface area (Å²) >= 11 is 0. The summed E-state index contributed by atoms with van der Waals surface area (Å²) in [6, 6.07) is 12.0. The molecule has 1 fully saturated rings. The van der Waals surface area contributed by atoms with E-state index < -0.39 is 11.2 Å². The van der Waals surface area contributed by atoms with Crippen LogP contribution in [-0.2, 0) is 6.54 Å². The van der Waals surface area contributed by atoms with E-state index in [0.717, 1.165) is 19.5 Å². The third kappa shape index (κ3) is 2.79. The van der Waals surface area contributed by atoms with Crippen LogP contribution in [0.3, 0.4) is 0 Å². The SMILES string of the molecule is N#Cc1cn(C[C@@H]2CCN(c3ccccc3)C2)c(=O)[nH]c1=O. The van der Waals surface area contributed by atoms with Gasteiger partial charge in [0.15, 0.2) is 0 Å². The number of nitriles is 1. The van der Waals surface area contributed by atoms with Crippen LogP contribution in [0.15, 0.2) is 46.1 Å². The fourth-order valence-electron chi connectivity index (χ4n) is 2.86. The summed E-state index contributed by atoms with van der Waals surface area (Å²) in [5, 5.41) is 8.89. The zero-order valence-corrected chi connectivity index (χ0v) is 12.0. The molecule has 0 amide bonds. The van der Waals surface area contributed by atoms with Crippen LogP contribution in [0.2, 0.25) is 0 Å². The molecule has 1 aromatic carbocycles. The van der Waals surface area contributed by atoms with Crippen LogP contribution in [0.25, 0.3) is 0 Å². The first-order valence-corrected chi connectivity index (χ1v) is 7.21. The highest BCUT2D eigenvalue weighted by Gasteiger charge is 2.23. The van der Waals surface area contributed by atoms with Crippen molar-refractivity contribution in [3.63, 3.8) is 0 Å². The molecule has 0 saturated carbocycles. The van der Waals surface area contributed by atoms with Crippen molar-refractivity contribution >= 4 is 5.69 Å². The summed E-state index contributed by atoms with van der Waals surface area (Å²) in [6.07, 6.45) is 2.33. The number of nitrogens with zero attached hydrogens (tertiary/aromatic N) is 3. The van der Waals surface area contributed by atoms with Crippen LogP contribution >= 0.6 is 0 Å². The molecular formula is C16H16N4O2.